The van der Waals surface area contributed by atoms with E-state index >= 15 is 0 Å². The largest absolute Gasteiger partial charge is 0.480 e. The molecule has 0 aliphatic heterocycles. The average Bonchev–Trinajstić information content (AvgIpc) is 2.92. The number of hydrogen-bond donors (Lipinski definition) is 10. The van der Waals surface area contributed by atoms with Crippen LogP contribution < -0.4 is 34.4 Å². The predicted molar refractivity (Wildman–Crippen MR) is 118 cm³/mol. The van der Waals surface area contributed by atoms with Crippen molar-refractivity contribution < 1.29 is 44.4 Å². The van der Waals surface area contributed by atoms with E-state index < -0.39 is 53.6 Å². The summed E-state index contributed by atoms with van der Waals surface area (Å²) in [6.07, 6.45) is -1.78. The Labute approximate surface area is 193 Å². The van der Waals surface area contributed by atoms with Crippen LogP contribution in [0.5, 0.6) is 0 Å². The van der Waals surface area contributed by atoms with Crippen molar-refractivity contribution >= 4 is 41.2 Å². The summed E-state index contributed by atoms with van der Waals surface area (Å²) in [7, 11) is 0. The Bertz CT molecular complexity index is 717. The van der Waals surface area contributed by atoms with Crippen LogP contribution in [0.4, 0.5) is 0 Å². The second-order valence-corrected chi connectivity index (χ2v) is 6.73. The number of aliphatic imine (C=N–C) groups is 2. The molecule has 0 amide bonds. The van der Waals surface area contributed by atoms with Crippen LogP contribution in [0, 0.1) is 0 Å². The van der Waals surface area contributed by atoms with Gasteiger partial charge in [0.15, 0.2) is 24.1 Å². The number of ketones is 3. The zero-order valence-electron chi connectivity index (χ0n) is 18.2. The van der Waals surface area contributed by atoms with E-state index in [1.165, 1.54) is 0 Å². The summed E-state index contributed by atoms with van der Waals surface area (Å²) in [6, 6.07) is -1.64. The molecule has 1 fully saturated rings. The van der Waals surface area contributed by atoms with Crippen LogP contribution in [0.25, 0.3) is 0 Å². The number of guanidine groups is 2. The van der Waals surface area contributed by atoms with Crippen molar-refractivity contribution in [2.75, 3.05) is 13.1 Å². The molecule has 1 rings (SSSR count). The average molecular weight is 492 g/mol. The van der Waals surface area contributed by atoms with E-state index in [1.54, 1.807) is 0 Å². The van der Waals surface area contributed by atoms with Crippen LogP contribution in [0.1, 0.15) is 25.7 Å². The fraction of sp³-hybridized carbons (Fsp3) is 0.588. The second-order valence-electron chi connectivity index (χ2n) is 6.73. The molecule has 0 spiro atoms. The van der Waals surface area contributed by atoms with Crippen molar-refractivity contribution in [2.45, 2.75) is 50.0 Å². The normalized spacial score (nSPS) is 18.4. The van der Waals surface area contributed by atoms with Crippen LogP contribution in [0.2, 0.25) is 0 Å². The van der Waals surface area contributed by atoms with Crippen LogP contribution >= 0.6 is 0 Å². The highest BCUT2D eigenvalue weighted by atomic mass is 16.4. The summed E-state index contributed by atoms with van der Waals surface area (Å²) in [5.41, 5.74) is 30.6. The molecule has 0 radical (unpaired) electrons. The number of nitrogens with two attached hydrogens (primary N) is 6. The number of carboxylic acids is 2. The Morgan fingerprint density at radius 2 is 1.03 bits per heavy atom. The lowest BCUT2D eigenvalue weighted by atomic mass is 10.2. The number of carboxylic acid groups (broad SMARTS) is 2. The first-order valence-corrected chi connectivity index (χ1v) is 9.69. The lowest BCUT2D eigenvalue weighted by Gasteiger charge is -2.03. The number of nitrogens with zero attached hydrogens (tertiary/aromatic N) is 2. The molecule has 0 aromatic rings. The highest BCUT2D eigenvalue weighted by Gasteiger charge is 2.47. The van der Waals surface area contributed by atoms with Gasteiger partial charge in [-0.3, -0.25) is 34.0 Å². The third-order valence-corrected chi connectivity index (χ3v) is 3.85. The fourth-order valence-electron chi connectivity index (χ4n) is 1.96. The number of carbonyl (C=O) groups excluding carboxylic acids is 3. The van der Waals surface area contributed by atoms with Crippen molar-refractivity contribution in [3.8, 4) is 0 Å². The zero-order chi connectivity index (χ0) is 27.0. The smallest absolute Gasteiger partial charge is 0.320 e. The highest BCUT2D eigenvalue weighted by Crippen LogP contribution is 2.07. The van der Waals surface area contributed by atoms with Gasteiger partial charge in [-0.2, -0.15) is 0 Å². The minimum atomic E-state index is -1.85. The van der Waals surface area contributed by atoms with Gasteiger partial charge in [0.25, 0.3) is 5.78 Å². The Morgan fingerprint density at radius 3 is 1.21 bits per heavy atom. The Hall–Kier alpha value is -3.67. The quantitative estimate of drug-likeness (QED) is 0.0587. The molecule has 0 saturated heterocycles. The third kappa shape index (κ3) is 14.4. The molecule has 2 unspecified atom stereocenters. The molecule has 4 atom stereocenters. The van der Waals surface area contributed by atoms with Gasteiger partial charge in [-0.1, -0.05) is 0 Å². The highest BCUT2D eigenvalue weighted by molar-refractivity contribution is 6.69. The maximum atomic E-state index is 10.3. The number of carbonyl (C=O) groups is 5. The number of hydrogen-bond acceptors (Lipinski definition) is 11. The van der Waals surface area contributed by atoms with E-state index in [-0.39, 0.29) is 11.9 Å². The lowest BCUT2D eigenvalue weighted by Crippen LogP contribution is -2.30. The van der Waals surface area contributed by atoms with E-state index in [0.717, 1.165) is 0 Å². The van der Waals surface area contributed by atoms with Crippen LogP contribution in [-0.4, -0.2) is 99.0 Å². The van der Waals surface area contributed by atoms with E-state index in [0.29, 0.717) is 38.8 Å². The van der Waals surface area contributed by atoms with Crippen molar-refractivity contribution in [3.63, 3.8) is 0 Å². The Morgan fingerprint density at radius 1 is 0.735 bits per heavy atom. The summed E-state index contributed by atoms with van der Waals surface area (Å²) < 4.78 is 0. The molecule has 1 aliphatic rings. The molecule has 17 heteroatoms. The van der Waals surface area contributed by atoms with Gasteiger partial charge in [0, 0.05) is 13.1 Å². The fourth-order valence-corrected chi connectivity index (χ4v) is 1.96. The first-order valence-electron chi connectivity index (χ1n) is 9.69. The first kappa shape index (κ1) is 32.5. The maximum Gasteiger partial charge on any atom is 0.320 e. The Kier molecular flexibility index (Phi) is 16.2. The molecular weight excluding hydrogens is 460 g/mol. The molecule has 0 aromatic heterocycles. The molecule has 0 bridgehead atoms. The second kappa shape index (κ2) is 16.9. The van der Waals surface area contributed by atoms with E-state index in [9.17, 15) is 24.0 Å². The number of rotatable bonds is 10. The van der Waals surface area contributed by atoms with E-state index in [4.69, 9.17) is 54.8 Å². The van der Waals surface area contributed by atoms with Crippen molar-refractivity contribution in [3.05, 3.63) is 0 Å². The lowest BCUT2D eigenvalue weighted by molar-refractivity contribution is -0.141. The summed E-state index contributed by atoms with van der Waals surface area (Å²) in [6.45, 7) is 0.840. The monoisotopic (exact) mass is 492 g/mol. The van der Waals surface area contributed by atoms with Gasteiger partial charge in [0.2, 0.25) is 11.6 Å². The maximum absolute atomic E-state index is 10.3. The van der Waals surface area contributed by atoms with Crippen LogP contribution in [0.3, 0.4) is 0 Å². The van der Waals surface area contributed by atoms with Crippen molar-refractivity contribution in [1.29, 1.82) is 0 Å². The van der Waals surface area contributed by atoms with Crippen LogP contribution in [-0.2, 0) is 24.0 Å². The molecule has 1 saturated carbocycles. The molecule has 16 N–H and O–H groups in total. The van der Waals surface area contributed by atoms with Gasteiger partial charge in [-0.25, -0.2) is 0 Å². The zero-order valence-corrected chi connectivity index (χ0v) is 18.2. The topological polar surface area (TPSA) is 347 Å². The SMILES string of the molecule is NC(N)=NCCC[C@H](N)C(=O)O.NC(N)=NCCC[C@H](N)C(=O)O.O=C1C(=O)C(O)C(O)C1=O. The summed E-state index contributed by atoms with van der Waals surface area (Å²) >= 11 is 0. The minimum absolute atomic E-state index is 0.0129. The van der Waals surface area contributed by atoms with Crippen LogP contribution in [0.15, 0.2) is 9.98 Å². The number of aliphatic carboxylic acids is 2. The summed E-state index contributed by atoms with van der Waals surface area (Å²) in [4.78, 5) is 58.8. The molecule has 0 heterocycles. The Balaban J connectivity index is 0. The van der Waals surface area contributed by atoms with Crippen molar-refractivity contribution in [2.24, 2.45) is 44.4 Å². The van der Waals surface area contributed by atoms with Gasteiger partial charge in [-0.05, 0) is 25.7 Å². The predicted octanol–water partition coefficient (Wildman–Crippen LogP) is -5.67. The van der Waals surface area contributed by atoms with Gasteiger partial charge < -0.3 is 54.8 Å². The third-order valence-electron chi connectivity index (χ3n) is 3.85. The molecule has 0 aromatic carbocycles. The van der Waals surface area contributed by atoms with Gasteiger partial charge in [0.05, 0.1) is 0 Å². The van der Waals surface area contributed by atoms with Gasteiger partial charge >= 0.3 is 11.9 Å². The first-order chi connectivity index (χ1) is 15.6. The number of aliphatic hydroxyl groups excluding tert-OH is 2. The number of Topliss-reactive ketones (excluding diaryl/α,β-unsaturated/α-hetero) is 3. The standard InChI is InChI=1S/2C6H14N4O2.C5H4O5/c2*7-4(5(11)12)2-1-3-10-6(8)9;6-1-2(7)4(9)5(10)3(1)8/h2*4H,1-3,7H2,(H,11,12)(H4,8,9,10);1-2,6-7H/t2*4-;/m00./s1. The van der Waals surface area contributed by atoms with Gasteiger partial charge in [-0.15, -0.1) is 0 Å². The molecule has 194 valence electrons. The number of aliphatic hydroxyl groups is 2. The van der Waals surface area contributed by atoms with Gasteiger partial charge in [0.1, 0.15) is 12.1 Å². The molecule has 17 nitrogen and oxygen atoms in total. The summed E-state index contributed by atoms with van der Waals surface area (Å²) in [5, 5.41) is 33.9. The summed E-state index contributed by atoms with van der Waals surface area (Å²) in [5.74, 6) is -5.74. The molecular formula is C17H32N8O9. The minimum Gasteiger partial charge on any atom is -0.480 e. The molecule has 1 aliphatic carbocycles. The van der Waals surface area contributed by atoms with E-state index in [1.807, 2.05) is 0 Å². The van der Waals surface area contributed by atoms with E-state index in [2.05, 4.69) is 9.98 Å². The van der Waals surface area contributed by atoms with Crippen molar-refractivity contribution in [1.82, 2.24) is 0 Å². The molecule has 34 heavy (non-hydrogen) atoms.